The summed E-state index contributed by atoms with van der Waals surface area (Å²) in [6.07, 6.45) is -3.29. The number of alkyl halides is 3. The molecular weight excluding hydrogens is 161 g/mol. The van der Waals surface area contributed by atoms with E-state index in [0.29, 0.717) is 12.8 Å². The fraction of sp³-hybridized carbons (Fsp3) is 1.00. The number of halogens is 3. The Labute approximate surface area is 63.0 Å². The standard InChI is InChI=1S/C6H11F3O2/c7-6(8,9)5-11-4-2-1-3-10/h10H,1-5H2. The van der Waals surface area contributed by atoms with Gasteiger partial charge in [-0.15, -0.1) is 0 Å². The molecule has 2 nitrogen and oxygen atoms in total. The van der Waals surface area contributed by atoms with Crippen LogP contribution in [0.15, 0.2) is 0 Å². The van der Waals surface area contributed by atoms with Crippen LogP contribution in [0.1, 0.15) is 12.8 Å². The summed E-state index contributed by atoms with van der Waals surface area (Å²) in [5, 5.41) is 8.25. The lowest BCUT2D eigenvalue weighted by Gasteiger charge is -2.06. The summed E-state index contributed by atoms with van der Waals surface area (Å²) < 4.78 is 38.4. The number of aliphatic hydroxyl groups excluding tert-OH is 1. The second-order valence-corrected chi connectivity index (χ2v) is 2.10. The van der Waals surface area contributed by atoms with Crippen LogP contribution in [-0.4, -0.2) is 31.1 Å². The van der Waals surface area contributed by atoms with E-state index in [0.717, 1.165) is 0 Å². The van der Waals surface area contributed by atoms with Gasteiger partial charge in [0, 0.05) is 13.2 Å². The zero-order chi connectivity index (χ0) is 8.74. The van der Waals surface area contributed by atoms with Crippen molar-refractivity contribution in [3.63, 3.8) is 0 Å². The number of hydrogen-bond acceptors (Lipinski definition) is 2. The van der Waals surface area contributed by atoms with Gasteiger partial charge < -0.3 is 9.84 Å². The summed E-state index contributed by atoms with van der Waals surface area (Å²) in [6.45, 7) is -1.14. The number of rotatable bonds is 5. The normalized spacial score (nSPS) is 12.0. The smallest absolute Gasteiger partial charge is 0.396 e. The number of hydrogen-bond donors (Lipinski definition) is 1. The van der Waals surface area contributed by atoms with E-state index in [2.05, 4.69) is 4.74 Å². The van der Waals surface area contributed by atoms with Gasteiger partial charge in [-0.3, -0.25) is 0 Å². The average Bonchev–Trinajstić information content (AvgIpc) is 1.85. The monoisotopic (exact) mass is 172 g/mol. The highest BCUT2D eigenvalue weighted by Gasteiger charge is 2.26. The Morgan fingerprint density at radius 1 is 1.18 bits per heavy atom. The Morgan fingerprint density at radius 2 is 1.82 bits per heavy atom. The molecule has 0 saturated heterocycles. The molecule has 0 spiro atoms. The molecule has 0 aliphatic rings. The van der Waals surface area contributed by atoms with Crippen molar-refractivity contribution in [3.8, 4) is 0 Å². The highest BCUT2D eigenvalue weighted by molar-refractivity contribution is 4.45. The Balaban J connectivity index is 3.02. The molecule has 5 heteroatoms. The SMILES string of the molecule is OCCCCOCC(F)(F)F. The fourth-order valence-corrected chi connectivity index (χ4v) is 0.504. The van der Waals surface area contributed by atoms with Crippen molar-refractivity contribution in [2.24, 2.45) is 0 Å². The predicted octanol–water partition coefficient (Wildman–Crippen LogP) is 1.34. The molecule has 0 heterocycles. The minimum absolute atomic E-state index is 0.00459. The van der Waals surface area contributed by atoms with Gasteiger partial charge in [0.1, 0.15) is 6.61 Å². The maximum Gasteiger partial charge on any atom is 0.411 e. The summed E-state index contributed by atoms with van der Waals surface area (Å²) >= 11 is 0. The van der Waals surface area contributed by atoms with Crippen LogP contribution in [0.4, 0.5) is 13.2 Å². The third-order valence-electron chi connectivity index (χ3n) is 0.963. The molecule has 0 fully saturated rings. The van der Waals surface area contributed by atoms with Crippen LogP contribution >= 0.6 is 0 Å². The molecule has 68 valence electrons. The van der Waals surface area contributed by atoms with Gasteiger partial charge in [0.2, 0.25) is 0 Å². The summed E-state index contributed by atoms with van der Waals surface area (Å²) in [5.41, 5.74) is 0. The first-order valence-electron chi connectivity index (χ1n) is 3.31. The minimum atomic E-state index is -4.24. The largest absolute Gasteiger partial charge is 0.411 e. The summed E-state index contributed by atoms with van der Waals surface area (Å²) in [5.74, 6) is 0. The zero-order valence-electron chi connectivity index (χ0n) is 6.02. The number of unbranched alkanes of at least 4 members (excludes halogenated alkanes) is 1. The highest BCUT2D eigenvalue weighted by Crippen LogP contribution is 2.14. The van der Waals surface area contributed by atoms with Crippen molar-refractivity contribution in [1.29, 1.82) is 0 Å². The van der Waals surface area contributed by atoms with Crippen molar-refractivity contribution in [3.05, 3.63) is 0 Å². The lowest BCUT2D eigenvalue weighted by molar-refractivity contribution is -0.174. The number of ether oxygens (including phenoxy) is 1. The Morgan fingerprint density at radius 3 is 2.27 bits per heavy atom. The lowest BCUT2D eigenvalue weighted by Crippen LogP contribution is -2.17. The summed E-state index contributed by atoms with van der Waals surface area (Å²) in [7, 11) is 0. The van der Waals surface area contributed by atoms with E-state index in [-0.39, 0.29) is 13.2 Å². The minimum Gasteiger partial charge on any atom is -0.396 e. The second kappa shape index (κ2) is 5.37. The molecule has 0 bridgehead atoms. The van der Waals surface area contributed by atoms with Crippen LogP contribution < -0.4 is 0 Å². The Kier molecular flexibility index (Phi) is 5.23. The van der Waals surface area contributed by atoms with Gasteiger partial charge >= 0.3 is 6.18 Å². The van der Waals surface area contributed by atoms with E-state index < -0.39 is 12.8 Å². The zero-order valence-corrected chi connectivity index (χ0v) is 6.02. The third kappa shape index (κ3) is 9.71. The van der Waals surface area contributed by atoms with E-state index in [4.69, 9.17) is 5.11 Å². The van der Waals surface area contributed by atoms with Crippen LogP contribution in [0.2, 0.25) is 0 Å². The van der Waals surface area contributed by atoms with Crippen molar-refractivity contribution in [2.45, 2.75) is 19.0 Å². The summed E-state index contributed by atoms with van der Waals surface area (Å²) in [4.78, 5) is 0. The molecule has 0 saturated carbocycles. The Bertz CT molecular complexity index is 92.3. The van der Waals surface area contributed by atoms with Gasteiger partial charge in [0.25, 0.3) is 0 Å². The van der Waals surface area contributed by atoms with Crippen LogP contribution in [0.3, 0.4) is 0 Å². The van der Waals surface area contributed by atoms with Gasteiger partial charge in [-0.2, -0.15) is 13.2 Å². The molecule has 0 aliphatic heterocycles. The lowest BCUT2D eigenvalue weighted by atomic mass is 10.3. The molecule has 0 amide bonds. The van der Waals surface area contributed by atoms with Crippen molar-refractivity contribution in [1.82, 2.24) is 0 Å². The topological polar surface area (TPSA) is 29.5 Å². The molecule has 0 unspecified atom stereocenters. The van der Waals surface area contributed by atoms with E-state index in [1.807, 2.05) is 0 Å². The molecule has 11 heavy (non-hydrogen) atoms. The molecular formula is C6H11F3O2. The highest BCUT2D eigenvalue weighted by atomic mass is 19.4. The van der Waals surface area contributed by atoms with Crippen molar-refractivity contribution in [2.75, 3.05) is 19.8 Å². The summed E-state index contributed by atoms with van der Waals surface area (Å²) in [6, 6.07) is 0. The molecule has 1 N–H and O–H groups in total. The van der Waals surface area contributed by atoms with Crippen LogP contribution in [0.5, 0.6) is 0 Å². The van der Waals surface area contributed by atoms with Crippen LogP contribution in [-0.2, 0) is 4.74 Å². The first-order chi connectivity index (χ1) is 5.06. The molecule has 0 aromatic carbocycles. The fourth-order valence-electron chi connectivity index (χ4n) is 0.504. The van der Waals surface area contributed by atoms with Crippen LogP contribution in [0.25, 0.3) is 0 Å². The second-order valence-electron chi connectivity index (χ2n) is 2.10. The van der Waals surface area contributed by atoms with Gasteiger partial charge in [0.05, 0.1) is 0 Å². The molecule has 0 aromatic heterocycles. The van der Waals surface area contributed by atoms with Crippen LogP contribution in [0, 0.1) is 0 Å². The van der Waals surface area contributed by atoms with Gasteiger partial charge in [0.15, 0.2) is 0 Å². The molecule has 0 aromatic rings. The molecule has 0 rings (SSSR count). The van der Waals surface area contributed by atoms with E-state index >= 15 is 0 Å². The van der Waals surface area contributed by atoms with E-state index in [9.17, 15) is 13.2 Å². The number of aliphatic hydroxyl groups is 1. The van der Waals surface area contributed by atoms with E-state index in [1.165, 1.54) is 0 Å². The predicted molar refractivity (Wildman–Crippen MR) is 33.2 cm³/mol. The van der Waals surface area contributed by atoms with Crippen molar-refractivity contribution < 1.29 is 23.0 Å². The first kappa shape index (κ1) is 10.7. The third-order valence-corrected chi connectivity index (χ3v) is 0.963. The average molecular weight is 172 g/mol. The molecule has 0 radical (unpaired) electrons. The molecule has 0 atom stereocenters. The maximum atomic E-state index is 11.4. The van der Waals surface area contributed by atoms with Gasteiger partial charge in [-0.05, 0) is 12.8 Å². The van der Waals surface area contributed by atoms with Gasteiger partial charge in [-0.1, -0.05) is 0 Å². The molecule has 0 aliphatic carbocycles. The Hall–Kier alpha value is -0.290. The quantitative estimate of drug-likeness (QED) is 0.634. The maximum absolute atomic E-state index is 11.4. The van der Waals surface area contributed by atoms with E-state index in [1.54, 1.807) is 0 Å². The first-order valence-corrected chi connectivity index (χ1v) is 3.31. The van der Waals surface area contributed by atoms with Crippen molar-refractivity contribution >= 4 is 0 Å². The van der Waals surface area contributed by atoms with Gasteiger partial charge in [-0.25, -0.2) is 0 Å².